The lowest BCUT2D eigenvalue weighted by molar-refractivity contribution is 0.120. The van der Waals surface area contributed by atoms with Crippen molar-refractivity contribution in [1.82, 2.24) is 4.90 Å². The summed E-state index contributed by atoms with van der Waals surface area (Å²) in [7, 11) is 0. The third kappa shape index (κ3) is 2.14. The first kappa shape index (κ1) is 11.0. The van der Waals surface area contributed by atoms with E-state index < -0.39 is 0 Å². The smallest absolute Gasteiger partial charge is 0.0568 e. The molecule has 16 heavy (non-hydrogen) atoms. The lowest BCUT2D eigenvalue weighted by Crippen LogP contribution is -2.26. The number of nitrogens with zero attached hydrogens (tertiary/aromatic N) is 1. The van der Waals surface area contributed by atoms with Crippen LogP contribution in [0, 0.1) is 17.8 Å². The van der Waals surface area contributed by atoms with Gasteiger partial charge in [0.15, 0.2) is 0 Å². The maximum atomic E-state index is 9.81. The van der Waals surface area contributed by atoms with Crippen LogP contribution in [-0.4, -0.2) is 35.7 Å². The number of aliphatic hydroxyl groups is 1. The van der Waals surface area contributed by atoms with E-state index in [9.17, 15) is 5.11 Å². The van der Waals surface area contributed by atoms with Crippen LogP contribution in [0.4, 0.5) is 0 Å². The van der Waals surface area contributed by atoms with E-state index in [4.69, 9.17) is 0 Å². The van der Waals surface area contributed by atoms with Gasteiger partial charge in [-0.05, 0) is 56.4 Å². The highest BCUT2D eigenvalue weighted by molar-refractivity contribution is 4.89. The van der Waals surface area contributed by atoms with E-state index in [1.165, 1.54) is 58.2 Å². The zero-order valence-electron chi connectivity index (χ0n) is 10.3. The second-order valence-electron chi connectivity index (χ2n) is 6.26. The third-order valence-corrected chi connectivity index (χ3v) is 5.24. The van der Waals surface area contributed by atoms with Crippen molar-refractivity contribution in [3.05, 3.63) is 0 Å². The molecule has 2 aliphatic carbocycles. The second-order valence-corrected chi connectivity index (χ2v) is 6.26. The van der Waals surface area contributed by atoms with Crippen LogP contribution in [0.5, 0.6) is 0 Å². The topological polar surface area (TPSA) is 23.5 Å². The lowest BCUT2D eigenvalue weighted by atomic mass is 10.0. The minimum absolute atomic E-state index is 0.0158. The van der Waals surface area contributed by atoms with Gasteiger partial charge in [0.25, 0.3) is 0 Å². The Kier molecular flexibility index (Phi) is 3.21. The molecule has 0 aromatic rings. The number of hydrogen-bond donors (Lipinski definition) is 1. The van der Waals surface area contributed by atoms with Crippen molar-refractivity contribution in [3.63, 3.8) is 0 Å². The minimum Gasteiger partial charge on any atom is -0.393 e. The highest BCUT2D eigenvalue weighted by atomic mass is 16.3. The van der Waals surface area contributed by atoms with Gasteiger partial charge in [-0.15, -0.1) is 0 Å². The lowest BCUT2D eigenvalue weighted by Gasteiger charge is -2.20. The van der Waals surface area contributed by atoms with Gasteiger partial charge < -0.3 is 10.0 Å². The Morgan fingerprint density at radius 2 is 1.62 bits per heavy atom. The minimum atomic E-state index is 0.0158. The van der Waals surface area contributed by atoms with Crippen LogP contribution in [0.3, 0.4) is 0 Å². The molecule has 92 valence electrons. The first-order valence-corrected chi connectivity index (χ1v) is 7.23. The quantitative estimate of drug-likeness (QED) is 0.793. The van der Waals surface area contributed by atoms with E-state index in [1.807, 2.05) is 0 Å². The number of hydrogen-bond acceptors (Lipinski definition) is 2. The molecule has 4 atom stereocenters. The molecule has 2 saturated carbocycles. The average molecular weight is 223 g/mol. The summed E-state index contributed by atoms with van der Waals surface area (Å²) in [6.07, 6.45) is 9.25. The molecule has 1 aliphatic heterocycles. The Balaban J connectivity index is 1.43. The molecule has 1 saturated heterocycles. The monoisotopic (exact) mass is 223 g/mol. The predicted octanol–water partition coefficient (Wildman–Crippen LogP) is 2.27. The summed E-state index contributed by atoms with van der Waals surface area (Å²) in [5.74, 6) is 2.66. The van der Waals surface area contributed by atoms with Crippen molar-refractivity contribution < 1.29 is 5.11 Å². The fourth-order valence-electron chi connectivity index (χ4n) is 4.22. The summed E-state index contributed by atoms with van der Waals surface area (Å²) in [4.78, 5) is 2.67. The van der Waals surface area contributed by atoms with Crippen LogP contribution in [0.1, 0.15) is 44.9 Å². The third-order valence-electron chi connectivity index (χ3n) is 5.24. The Hall–Kier alpha value is -0.0800. The van der Waals surface area contributed by atoms with Crippen molar-refractivity contribution >= 4 is 0 Å². The normalized spacial score (nSPS) is 44.1. The second kappa shape index (κ2) is 4.66. The molecule has 3 rings (SSSR count). The standard InChI is InChI=1S/C14H25NO/c16-14-6-2-3-11(14)7-8-15-9-12-4-1-5-13(12)10-15/h11-14,16H,1-10H2. The fraction of sp³-hybridized carbons (Fsp3) is 1.00. The van der Waals surface area contributed by atoms with Gasteiger partial charge in [-0.1, -0.05) is 12.8 Å². The summed E-state index contributed by atoms with van der Waals surface area (Å²) in [5.41, 5.74) is 0. The van der Waals surface area contributed by atoms with E-state index >= 15 is 0 Å². The summed E-state index contributed by atoms with van der Waals surface area (Å²) >= 11 is 0. The van der Waals surface area contributed by atoms with Crippen molar-refractivity contribution in [2.75, 3.05) is 19.6 Å². The molecule has 0 aromatic carbocycles. The Morgan fingerprint density at radius 1 is 0.938 bits per heavy atom. The van der Waals surface area contributed by atoms with Gasteiger partial charge in [0.2, 0.25) is 0 Å². The van der Waals surface area contributed by atoms with E-state index in [1.54, 1.807) is 0 Å². The van der Waals surface area contributed by atoms with E-state index in [-0.39, 0.29) is 6.10 Å². The number of fused-ring (bicyclic) bond motifs is 1. The SMILES string of the molecule is OC1CCCC1CCN1CC2CCCC2C1. The van der Waals surface area contributed by atoms with Gasteiger partial charge in [-0.2, -0.15) is 0 Å². The molecule has 0 aromatic heterocycles. The largest absolute Gasteiger partial charge is 0.393 e. The van der Waals surface area contributed by atoms with Crippen LogP contribution < -0.4 is 0 Å². The van der Waals surface area contributed by atoms with Gasteiger partial charge in [0.1, 0.15) is 0 Å². The molecule has 1 N–H and O–H groups in total. The first-order chi connectivity index (χ1) is 7.83. The van der Waals surface area contributed by atoms with E-state index in [0.717, 1.165) is 18.3 Å². The number of rotatable bonds is 3. The van der Waals surface area contributed by atoms with Crippen molar-refractivity contribution in [2.45, 2.75) is 51.0 Å². The fourth-order valence-corrected chi connectivity index (χ4v) is 4.22. The molecule has 4 unspecified atom stereocenters. The van der Waals surface area contributed by atoms with Gasteiger partial charge >= 0.3 is 0 Å². The Morgan fingerprint density at radius 3 is 2.25 bits per heavy atom. The van der Waals surface area contributed by atoms with Gasteiger partial charge in [-0.25, -0.2) is 0 Å². The summed E-state index contributed by atoms with van der Waals surface area (Å²) in [6, 6.07) is 0. The van der Waals surface area contributed by atoms with Crippen LogP contribution in [0.25, 0.3) is 0 Å². The van der Waals surface area contributed by atoms with Crippen LogP contribution in [-0.2, 0) is 0 Å². The molecule has 2 nitrogen and oxygen atoms in total. The molecule has 2 heteroatoms. The molecule has 3 fully saturated rings. The average Bonchev–Trinajstić information content (AvgIpc) is 2.89. The van der Waals surface area contributed by atoms with Crippen molar-refractivity contribution in [1.29, 1.82) is 0 Å². The van der Waals surface area contributed by atoms with E-state index in [0.29, 0.717) is 5.92 Å². The molecule has 3 aliphatic rings. The molecular formula is C14H25NO. The highest BCUT2D eigenvalue weighted by Gasteiger charge is 2.36. The van der Waals surface area contributed by atoms with Crippen LogP contribution in [0.2, 0.25) is 0 Å². The molecule has 1 heterocycles. The zero-order chi connectivity index (χ0) is 11.0. The van der Waals surface area contributed by atoms with Gasteiger partial charge in [0.05, 0.1) is 6.10 Å². The molecule has 0 radical (unpaired) electrons. The maximum absolute atomic E-state index is 9.81. The van der Waals surface area contributed by atoms with Crippen LogP contribution >= 0.6 is 0 Å². The Bertz CT molecular complexity index is 231. The van der Waals surface area contributed by atoms with Gasteiger partial charge in [-0.3, -0.25) is 0 Å². The van der Waals surface area contributed by atoms with Gasteiger partial charge in [0, 0.05) is 13.1 Å². The summed E-state index contributed by atoms with van der Waals surface area (Å²) in [6.45, 7) is 3.95. The molecule has 0 bridgehead atoms. The molecular weight excluding hydrogens is 198 g/mol. The zero-order valence-corrected chi connectivity index (χ0v) is 10.3. The van der Waals surface area contributed by atoms with Crippen molar-refractivity contribution in [2.24, 2.45) is 17.8 Å². The number of likely N-dealkylation sites (tertiary alicyclic amines) is 1. The molecule has 0 spiro atoms. The predicted molar refractivity (Wildman–Crippen MR) is 65.2 cm³/mol. The number of aliphatic hydroxyl groups excluding tert-OH is 1. The van der Waals surface area contributed by atoms with Crippen LogP contribution in [0.15, 0.2) is 0 Å². The first-order valence-electron chi connectivity index (χ1n) is 7.23. The highest BCUT2D eigenvalue weighted by Crippen LogP contribution is 2.38. The van der Waals surface area contributed by atoms with Crippen molar-refractivity contribution in [3.8, 4) is 0 Å². The van der Waals surface area contributed by atoms with E-state index in [2.05, 4.69) is 4.90 Å². The molecule has 0 amide bonds. The summed E-state index contributed by atoms with van der Waals surface area (Å²) in [5, 5.41) is 9.81. The maximum Gasteiger partial charge on any atom is 0.0568 e. The Labute approximate surface area is 99.0 Å². The summed E-state index contributed by atoms with van der Waals surface area (Å²) < 4.78 is 0.